The molecule has 25 heavy (non-hydrogen) atoms. The van der Waals surface area contributed by atoms with Crippen LogP contribution in [0.5, 0.6) is 5.75 Å². The van der Waals surface area contributed by atoms with Crippen LogP contribution in [0.4, 0.5) is 4.39 Å². The van der Waals surface area contributed by atoms with Crippen LogP contribution in [-0.4, -0.2) is 42.2 Å². The summed E-state index contributed by atoms with van der Waals surface area (Å²) in [6.07, 6.45) is 0.855. The number of carbonyl (C=O) groups excluding carboxylic acids is 1. The van der Waals surface area contributed by atoms with Gasteiger partial charge in [0.2, 0.25) is 0 Å². The van der Waals surface area contributed by atoms with Gasteiger partial charge in [0, 0.05) is 36.8 Å². The van der Waals surface area contributed by atoms with Crippen molar-refractivity contribution >= 4 is 5.91 Å². The first-order valence-corrected chi connectivity index (χ1v) is 8.26. The summed E-state index contributed by atoms with van der Waals surface area (Å²) in [5, 5.41) is 6.94. The number of halogens is 1. The van der Waals surface area contributed by atoms with Gasteiger partial charge in [0.25, 0.3) is 5.91 Å². The minimum Gasteiger partial charge on any atom is -0.494 e. The predicted octanol–water partition coefficient (Wildman–Crippen LogP) is 2.44. The highest BCUT2D eigenvalue weighted by Gasteiger charge is 2.26. The molecule has 1 saturated heterocycles. The Morgan fingerprint density at radius 1 is 1.48 bits per heavy atom. The number of methoxy groups -OCH3 is 1. The molecule has 6 nitrogen and oxygen atoms in total. The molecule has 0 bridgehead atoms. The minimum absolute atomic E-state index is 0.0399. The van der Waals surface area contributed by atoms with Gasteiger partial charge in [-0.2, -0.15) is 0 Å². The summed E-state index contributed by atoms with van der Waals surface area (Å²) in [6, 6.07) is 4.26. The van der Waals surface area contributed by atoms with Gasteiger partial charge in [-0.15, -0.1) is 0 Å². The fraction of sp³-hybridized carbons (Fsp3) is 0.444. The monoisotopic (exact) mass is 347 g/mol. The van der Waals surface area contributed by atoms with Crippen molar-refractivity contribution in [3.63, 3.8) is 0 Å². The topological polar surface area (TPSA) is 67.6 Å². The Morgan fingerprint density at radius 3 is 2.92 bits per heavy atom. The van der Waals surface area contributed by atoms with Crippen LogP contribution in [0.25, 0.3) is 0 Å². The molecule has 2 aromatic rings. The lowest BCUT2D eigenvalue weighted by atomic mass is 10.1. The van der Waals surface area contributed by atoms with Gasteiger partial charge in [-0.3, -0.25) is 9.69 Å². The lowest BCUT2D eigenvalue weighted by molar-refractivity contribution is 0.0937. The first-order chi connectivity index (χ1) is 12.0. The average molecular weight is 347 g/mol. The Balaban J connectivity index is 1.57. The second-order valence-electron chi connectivity index (χ2n) is 6.35. The molecule has 0 aliphatic carbocycles. The van der Waals surface area contributed by atoms with Crippen molar-refractivity contribution in [3.05, 3.63) is 46.6 Å². The zero-order valence-corrected chi connectivity index (χ0v) is 14.6. The molecule has 0 spiro atoms. The largest absolute Gasteiger partial charge is 0.494 e. The van der Waals surface area contributed by atoms with Crippen LogP contribution in [0.1, 0.15) is 33.8 Å². The van der Waals surface area contributed by atoms with E-state index < -0.39 is 5.82 Å². The van der Waals surface area contributed by atoms with E-state index in [-0.39, 0.29) is 17.7 Å². The Labute approximate surface area is 145 Å². The lowest BCUT2D eigenvalue weighted by Gasteiger charge is -2.16. The van der Waals surface area contributed by atoms with Crippen molar-refractivity contribution in [2.45, 2.75) is 32.9 Å². The summed E-state index contributed by atoms with van der Waals surface area (Å²) >= 11 is 0. The predicted molar refractivity (Wildman–Crippen MR) is 90.1 cm³/mol. The second kappa shape index (κ2) is 7.23. The van der Waals surface area contributed by atoms with E-state index in [9.17, 15) is 9.18 Å². The first-order valence-electron chi connectivity index (χ1n) is 8.26. The first kappa shape index (κ1) is 17.4. The van der Waals surface area contributed by atoms with Gasteiger partial charge < -0.3 is 14.6 Å². The number of rotatable bonds is 5. The maximum Gasteiger partial charge on any atom is 0.251 e. The number of likely N-dealkylation sites (tertiary alicyclic amines) is 1. The van der Waals surface area contributed by atoms with Crippen molar-refractivity contribution < 1.29 is 18.4 Å². The van der Waals surface area contributed by atoms with Crippen molar-refractivity contribution in [1.29, 1.82) is 0 Å². The molecule has 1 aromatic carbocycles. The van der Waals surface area contributed by atoms with E-state index in [4.69, 9.17) is 9.26 Å². The van der Waals surface area contributed by atoms with Crippen LogP contribution in [0.3, 0.4) is 0 Å². The van der Waals surface area contributed by atoms with Gasteiger partial charge in [0.05, 0.1) is 12.8 Å². The van der Waals surface area contributed by atoms with Crippen LogP contribution in [-0.2, 0) is 6.54 Å². The maximum atomic E-state index is 13.7. The fourth-order valence-corrected chi connectivity index (χ4v) is 3.12. The molecule has 0 radical (unpaired) electrons. The molecule has 7 heteroatoms. The molecule has 1 amide bonds. The van der Waals surface area contributed by atoms with Crippen LogP contribution in [0, 0.1) is 19.7 Å². The van der Waals surface area contributed by atoms with Crippen molar-refractivity contribution in [3.8, 4) is 5.75 Å². The van der Waals surface area contributed by atoms with E-state index in [1.807, 2.05) is 13.8 Å². The normalized spacial score (nSPS) is 17.7. The minimum atomic E-state index is -0.540. The van der Waals surface area contributed by atoms with Crippen LogP contribution in [0.15, 0.2) is 22.7 Å². The summed E-state index contributed by atoms with van der Waals surface area (Å²) in [6.45, 7) is 6.22. The van der Waals surface area contributed by atoms with E-state index in [0.29, 0.717) is 5.56 Å². The Bertz CT molecular complexity index is 755. The molecule has 1 aliphatic heterocycles. The molecule has 0 saturated carbocycles. The zero-order valence-electron chi connectivity index (χ0n) is 14.6. The number of hydrogen-bond acceptors (Lipinski definition) is 5. The van der Waals surface area contributed by atoms with Crippen molar-refractivity contribution in [1.82, 2.24) is 15.4 Å². The molecule has 1 N–H and O–H groups in total. The van der Waals surface area contributed by atoms with Gasteiger partial charge in [0.1, 0.15) is 5.76 Å². The van der Waals surface area contributed by atoms with Gasteiger partial charge in [0.15, 0.2) is 11.6 Å². The highest BCUT2D eigenvalue weighted by molar-refractivity contribution is 5.94. The molecular formula is C18H22FN3O3. The van der Waals surface area contributed by atoms with Crippen molar-refractivity contribution in [2.75, 3.05) is 20.2 Å². The van der Waals surface area contributed by atoms with Gasteiger partial charge >= 0.3 is 0 Å². The number of carbonyl (C=O) groups is 1. The molecule has 1 aromatic heterocycles. The molecule has 1 aliphatic rings. The highest BCUT2D eigenvalue weighted by atomic mass is 19.1. The number of nitrogens with one attached hydrogen (secondary N) is 1. The van der Waals surface area contributed by atoms with Crippen LogP contribution >= 0.6 is 0 Å². The Kier molecular flexibility index (Phi) is 5.03. The third-order valence-electron chi connectivity index (χ3n) is 4.58. The fourth-order valence-electron chi connectivity index (χ4n) is 3.12. The molecule has 3 rings (SSSR count). The molecule has 0 unspecified atom stereocenters. The molecule has 1 atom stereocenters. The quantitative estimate of drug-likeness (QED) is 0.900. The van der Waals surface area contributed by atoms with Gasteiger partial charge in [-0.25, -0.2) is 4.39 Å². The number of aromatic nitrogens is 1. The number of ether oxygens (including phenoxy) is 1. The van der Waals surface area contributed by atoms with Crippen LogP contribution in [0.2, 0.25) is 0 Å². The Hall–Kier alpha value is -2.41. The van der Waals surface area contributed by atoms with E-state index in [1.165, 1.54) is 19.2 Å². The SMILES string of the molecule is COc1ccc(C(=O)N[C@H]2CCN(Cc3c(C)noc3C)C2)cc1F. The molecule has 2 heterocycles. The number of amides is 1. The van der Waals surface area contributed by atoms with Crippen LogP contribution < -0.4 is 10.1 Å². The van der Waals surface area contributed by atoms with E-state index in [1.54, 1.807) is 6.07 Å². The van der Waals surface area contributed by atoms with Crippen molar-refractivity contribution in [2.24, 2.45) is 0 Å². The smallest absolute Gasteiger partial charge is 0.251 e. The molecule has 134 valence electrons. The van der Waals surface area contributed by atoms with E-state index in [0.717, 1.165) is 43.1 Å². The van der Waals surface area contributed by atoms with E-state index in [2.05, 4.69) is 15.4 Å². The maximum absolute atomic E-state index is 13.7. The lowest BCUT2D eigenvalue weighted by Crippen LogP contribution is -2.37. The van der Waals surface area contributed by atoms with Gasteiger partial charge in [-0.05, 0) is 38.5 Å². The highest BCUT2D eigenvalue weighted by Crippen LogP contribution is 2.20. The Morgan fingerprint density at radius 2 is 2.28 bits per heavy atom. The zero-order chi connectivity index (χ0) is 18.0. The summed E-state index contributed by atoms with van der Waals surface area (Å²) < 4.78 is 23.8. The van der Waals surface area contributed by atoms with E-state index >= 15 is 0 Å². The summed E-state index contributed by atoms with van der Waals surface area (Å²) in [5.41, 5.74) is 2.30. The number of benzene rings is 1. The summed E-state index contributed by atoms with van der Waals surface area (Å²) in [4.78, 5) is 14.6. The average Bonchev–Trinajstić information content (AvgIpc) is 3.16. The second-order valence-corrected chi connectivity index (χ2v) is 6.35. The standard InChI is InChI=1S/C18H22FN3O3/c1-11-15(12(2)25-21-11)10-22-7-6-14(9-22)20-18(23)13-4-5-17(24-3)16(19)8-13/h4-5,8,14H,6-7,9-10H2,1-3H3,(H,20,23)/t14-/m0/s1. The summed E-state index contributed by atoms with van der Waals surface area (Å²) in [5.74, 6) is 0.147. The molecular weight excluding hydrogens is 325 g/mol. The number of aryl methyl sites for hydroxylation is 2. The number of nitrogens with zero attached hydrogens (tertiary/aromatic N) is 2. The third-order valence-corrected chi connectivity index (χ3v) is 4.58. The third kappa shape index (κ3) is 3.82. The summed E-state index contributed by atoms with van der Waals surface area (Å²) in [7, 11) is 1.39. The van der Waals surface area contributed by atoms with Gasteiger partial charge in [-0.1, -0.05) is 5.16 Å². The number of hydrogen-bond donors (Lipinski definition) is 1. The molecule has 1 fully saturated rings.